The number of hydrogen-bond acceptors (Lipinski definition) is 3. The monoisotopic (exact) mass is 258 g/mol. The summed E-state index contributed by atoms with van der Waals surface area (Å²) in [5.41, 5.74) is 7.17. The third-order valence-corrected chi connectivity index (χ3v) is 3.94. The molecule has 5 heteroatoms. The summed E-state index contributed by atoms with van der Waals surface area (Å²) in [6, 6.07) is 4.03. The Morgan fingerprint density at radius 3 is 3.21 bits per heavy atom. The van der Waals surface area contributed by atoms with Crippen molar-refractivity contribution in [3.05, 3.63) is 30.1 Å². The van der Waals surface area contributed by atoms with Gasteiger partial charge >= 0.3 is 0 Å². The van der Waals surface area contributed by atoms with Gasteiger partial charge in [0.25, 0.3) is 5.91 Å². The number of aromatic nitrogens is 2. The second kappa shape index (κ2) is 4.66. The molecule has 100 valence electrons. The first-order valence-corrected chi connectivity index (χ1v) is 6.64. The van der Waals surface area contributed by atoms with Crippen molar-refractivity contribution in [2.75, 3.05) is 13.1 Å². The zero-order chi connectivity index (χ0) is 13.4. The van der Waals surface area contributed by atoms with Crippen molar-refractivity contribution in [2.45, 2.75) is 19.4 Å². The SMILES string of the molecule is CC1CC(CN)CN1C(=O)c1c[nH]c2ncccc12. The minimum atomic E-state index is 0.0719. The topological polar surface area (TPSA) is 75.0 Å². The van der Waals surface area contributed by atoms with Crippen LogP contribution in [-0.4, -0.2) is 39.9 Å². The molecule has 1 fully saturated rings. The molecule has 0 aliphatic carbocycles. The first-order chi connectivity index (χ1) is 9.20. The summed E-state index contributed by atoms with van der Waals surface area (Å²) in [7, 11) is 0. The van der Waals surface area contributed by atoms with Crippen LogP contribution >= 0.6 is 0 Å². The number of aromatic amines is 1. The van der Waals surface area contributed by atoms with E-state index in [1.54, 1.807) is 12.4 Å². The predicted octanol–water partition coefficient (Wildman–Crippen LogP) is 1.37. The summed E-state index contributed by atoms with van der Waals surface area (Å²) in [6.07, 6.45) is 4.46. The van der Waals surface area contributed by atoms with Crippen molar-refractivity contribution in [3.8, 4) is 0 Å². The molecule has 19 heavy (non-hydrogen) atoms. The molecule has 2 aromatic rings. The average Bonchev–Trinajstić information content (AvgIpc) is 3.01. The molecule has 1 saturated heterocycles. The molecule has 1 aliphatic heterocycles. The zero-order valence-corrected chi connectivity index (χ0v) is 11.0. The van der Waals surface area contributed by atoms with E-state index in [1.807, 2.05) is 17.0 Å². The molecule has 1 aliphatic rings. The van der Waals surface area contributed by atoms with Gasteiger partial charge in [0, 0.05) is 30.4 Å². The van der Waals surface area contributed by atoms with E-state index in [4.69, 9.17) is 5.73 Å². The smallest absolute Gasteiger partial charge is 0.256 e. The lowest BCUT2D eigenvalue weighted by Gasteiger charge is -2.21. The molecule has 0 radical (unpaired) electrons. The van der Waals surface area contributed by atoms with Gasteiger partial charge < -0.3 is 15.6 Å². The summed E-state index contributed by atoms with van der Waals surface area (Å²) in [4.78, 5) is 21.8. The Hall–Kier alpha value is -1.88. The van der Waals surface area contributed by atoms with Crippen LogP contribution in [0.3, 0.4) is 0 Å². The third-order valence-electron chi connectivity index (χ3n) is 3.94. The highest BCUT2D eigenvalue weighted by molar-refractivity contribution is 6.06. The minimum absolute atomic E-state index is 0.0719. The van der Waals surface area contributed by atoms with Gasteiger partial charge in [0.2, 0.25) is 0 Å². The Bertz CT molecular complexity index is 606. The summed E-state index contributed by atoms with van der Waals surface area (Å²) in [6.45, 7) is 3.48. The van der Waals surface area contributed by atoms with Crippen molar-refractivity contribution in [3.63, 3.8) is 0 Å². The van der Waals surface area contributed by atoms with Crippen LogP contribution in [0.1, 0.15) is 23.7 Å². The standard InChI is InChI=1S/C14H18N4O/c1-9-5-10(6-15)8-18(9)14(19)12-7-17-13-11(12)3-2-4-16-13/h2-4,7,9-10H,5-6,8,15H2,1H3,(H,16,17). The quantitative estimate of drug-likeness (QED) is 0.854. The van der Waals surface area contributed by atoms with E-state index < -0.39 is 0 Å². The molecule has 0 aromatic carbocycles. The lowest BCUT2D eigenvalue weighted by atomic mass is 10.1. The van der Waals surface area contributed by atoms with E-state index in [2.05, 4.69) is 16.9 Å². The van der Waals surface area contributed by atoms with Gasteiger partial charge in [-0.05, 0) is 37.9 Å². The van der Waals surface area contributed by atoms with E-state index in [0.717, 1.165) is 24.0 Å². The number of nitrogens with zero attached hydrogens (tertiary/aromatic N) is 2. The number of nitrogens with one attached hydrogen (secondary N) is 1. The number of nitrogens with two attached hydrogens (primary N) is 1. The molecule has 3 N–H and O–H groups in total. The fourth-order valence-corrected chi connectivity index (χ4v) is 2.88. The summed E-state index contributed by atoms with van der Waals surface area (Å²) in [5.74, 6) is 0.491. The maximum Gasteiger partial charge on any atom is 0.256 e. The van der Waals surface area contributed by atoms with Crippen molar-refractivity contribution in [1.29, 1.82) is 0 Å². The van der Waals surface area contributed by atoms with Crippen LogP contribution in [-0.2, 0) is 0 Å². The Balaban J connectivity index is 1.92. The van der Waals surface area contributed by atoms with Crippen LogP contribution in [0.2, 0.25) is 0 Å². The van der Waals surface area contributed by atoms with Crippen LogP contribution in [0.5, 0.6) is 0 Å². The Morgan fingerprint density at radius 1 is 1.63 bits per heavy atom. The maximum atomic E-state index is 12.6. The molecule has 5 nitrogen and oxygen atoms in total. The van der Waals surface area contributed by atoms with Crippen molar-refractivity contribution >= 4 is 16.9 Å². The summed E-state index contributed by atoms with van der Waals surface area (Å²) >= 11 is 0. The van der Waals surface area contributed by atoms with Gasteiger partial charge in [-0.25, -0.2) is 4.98 Å². The zero-order valence-electron chi connectivity index (χ0n) is 11.0. The van der Waals surface area contributed by atoms with E-state index in [9.17, 15) is 4.79 Å². The molecule has 2 aromatic heterocycles. The maximum absolute atomic E-state index is 12.6. The van der Waals surface area contributed by atoms with Gasteiger partial charge in [-0.3, -0.25) is 4.79 Å². The van der Waals surface area contributed by atoms with Gasteiger partial charge in [0.05, 0.1) is 5.56 Å². The molecular weight excluding hydrogens is 240 g/mol. The number of fused-ring (bicyclic) bond motifs is 1. The largest absolute Gasteiger partial charge is 0.345 e. The normalized spacial score (nSPS) is 23.2. The molecule has 1 amide bonds. The predicted molar refractivity (Wildman–Crippen MR) is 73.8 cm³/mol. The van der Waals surface area contributed by atoms with E-state index >= 15 is 0 Å². The molecule has 3 heterocycles. The highest BCUT2D eigenvalue weighted by Gasteiger charge is 2.32. The van der Waals surface area contributed by atoms with Crippen molar-refractivity contribution < 1.29 is 4.79 Å². The Labute approximate surface area is 111 Å². The van der Waals surface area contributed by atoms with Crippen LogP contribution < -0.4 is 5.73 Å². The van der Waals surface area contributed by atoms with Crippen molar-refractivity contribution in [1.82, 2.24) is 14.9 Å². The van der Waals surface area contributed by atoms with E-state index in [1.165, 1.54) is 0 Å². The lowest BCUT2D eigenvalue weighted by Crippen LogP contribution is -2.34. The number of hydrogen-bond donors (Lipinski definition) is 2. The molecule has 3 rings (SSSR count). The molecule has 0 spiro atoms. The van der Waals surface area contributed by atoms with Gasteiger partial charge in [-0.2, -0.15) is 0 Å². The van der Waals surface area contributed by atoms with Gasteiger partial charge in [-0.15, -0.1) is 0 Å². The number of H-pyrrole nitrogens is 1. The second-order valence-corrected chi connectivity index (χ2v) is 5.25. The molecule has 0 bridgehead atoms. The van der Waals surface area contributed by atoms with Crippen LogP contribution in [0.25, 0.3) is 11.0 Å². The molecular formula is C14H18N4O. The highest BCUT2D eigenvalue weighted by Crippen LogP contribution is 2.26. The van der Waals surface area contributed by atoms with Gasteiger partial charge in [0.1, 0.15) is 5.65 Å². The highest BCUT2D eigenvalue weighted by atomic mass is 16.2. The Kier molecular flexibility index (Phi) is 2.98. The fourth-order valence-electron chi connectivity index (χ4n) is 2.88. The van der Waals surface area contributed by atoms with Gasteiger partial charge in [0.15, 0.2) is 0 Å². The minimum Gasteiger partial charge on any atom is -0.345 e. The number of rotatable bonds is 2. The second-order valence-electron chi connectivity index (χ2n) is 5.25. The number of amides is 1. The number of pyridine rings is 1. The first kappa shape index (κ1) is 12.2. The lowest BCUT2D eigenvalue weighted by molar-refractivity contribution is 0.0745. The Morgan fingerprint density at radius 2 is 2.47 bits per heavy atom. The number of carbonyl (C=O) groups excluding carboxylic acids is 1. The first-order valence-electron chi connectivity index (χ1n) is 6.64. The van der Waals surface area contributed by atoms with Crippen molar-refractivity contribution in [2.24, 2.45) is 11.7 Å². The molecule has 2 unspecified atom stereocenters. The number of carbonyl (C=O) groups is 1. The number of likely N-dealkylation sites (tertiary alicyclic amines) is 1. The molecule has 2 atom stereocenters. The van der Waals surface area contributed by atoms with Crippen LogP contribution in [0.4, 0.5) is 0 Å². The molecule has 0 saturated carbocycles. The summed E-state index contributed by atoms with van der Waals surface area (Å²) < 4.78 is 0. The summed E-state index contributed by atoms with van der Waals surface area (Å²) in [5, 5.41) is 0.885. The fraction of sp³-hybridized carbons (Fsp3) is 0.429. The third kappa shape index (κ3) is 2.00. The van der Waals surface area contributed by atoms with Gasteiger partial charge in [-0.1, -0.05) is 0 Å². The van der Waals surface area contributed by atoms with E-state index in [0.29, 0.717) is 18.0 Å². The van der Waals surface area contributed by atoms with Crippen LogP contribution in [0, 0.1) is 5.92 Å². The average molecular weight is 258 g/mol. The van der Waals surface area contributed by atoms with E-state index in [-0.39, 0.29) is 11.9 Å². The van der Waals surface area contributed by atoms with Crippen LogP contribution in [0.15, 0.2) is 24.5 Å².